The van der Waals surface area contributed by atoms with Crippen molar-refractivity contribution in [1.82, 2.24) is 15.5 Å². The molecule has 1 fully saturated rings. The lowest BCUT2D eigenvalue weighted by Gasteiger charge is -2.27. The van der Waals surface area contributed by atoms with Crippen LogP contribution in [0.3, 0.4) is 0 Å². The zero-order chi connectivity index (χ0) is 15.8. The first-order chi connectivity index (χ1) is 10.7. The average Bonchev–Trinajstić information content (AvgIpc) is 2.55. The smallest absolute Gasteiger partial charge is 0.266 e. The molecule has 1 aliphatic heterocycles. The van der Waals surface area contributed by atoms with Gasteiger partial charge in [0.15, 0.2) is 0 Å². The van der Waals surface area contributed by atoms with E-state index in [2.05, 4.69) is 32.6 Å². The highest BCUT2D eigenvalue weighted by Crippen LogP contribution is 2.11. The Kier molecular flexibility index (Phi) is 6.44. The topological polar surface area (TPSA) is 68.2 Å². The molecular formula is C16H19BrN4O. The molecule has 0 unspecified atom stereocenters. The van der Waals surface area contributed by atoms with Gasteiger partial charge < -0.3 is 15.5 Å². The molecule has 0 aromatic heterocycles. The van der Waals surface area contributed by atoms with Gasteiger partial charge in [0.1, 0.15) is 11.6 Å². The van der Waals surface area contributed by atoms with Gasteiger partial charge in [0, 0.05) is 43.4 Å². The minimum Gasteiger partial charge on any atom is -0.389 e. The number of hydrogen-bond acceptors (Lipinski definition) is 4. The Balaban J connectivity index is 1.84. The first-order valence-corrected chi connectivity index (χ1v) is 8.08. The number of nitriles is 1. The second-order valence-electron chi connectivity index (χ2n) is 5.05. The van der Waals surface area contributed by atoms with E-state index >= 15 is 0 Å². The molecule has 2 N–H and O–H groups in total. The molecule has 6 heteroatoms. The summed E-state index contributed by atoms with van der Waals surface area (Å²) in [6.07, 6.45) is 2.36. The summed E-state index contributed by atoms with van der Waals surface area (Å²) in [6.45, 7) is 3.53. The minimum absolute atomic E-state index is 0.163. The molecule has 5 nitrogen and oxygen atoms in total. The number of amides is 1. The number of piperazine rings is 1. The quantitative estimate of drug-likeness (QED) is 0.472. The third kappa shape index (κ3) is 4.86. The summed E-state index contributed by atoms with van der Waals surface area (Å²) in [6, 6.07) is 10.1. The van der Waals surface area contributed by atoms with E-state index in [0.29, 0.717) is 19.6 Å². The second-order valence-corrected chi connectivity index (χ2v) is 5.96. The van der Waals surface area contributed by atoms with Crippen LogP contribution >= 0.6 is 15.9 Å². The highest BCUT2D eigenvalue weighted by Gasteiger charge is 2.19. The van der Waals surface area contributed by atoms with E-state index in [-0.39, 0.29) is 11.5 Å². The lowest BCUT2D eigenvalue weighted by Crippen LogP contribution is -2.46. The highest BCUT2D eigenvalue weighted by molar-refractivity contribution is 9.10. The van der Waals surface area contributed by atoms with Crippen molar-refractivity contribution in [2.75, 3.05) is 32.7 Å². The molecule has 116 valence electrons. The van der Waals surface area contributed by atoms with Gasteiger partial charge >= 0.3 is 0 Å². The Morgan fingerprint density at radius 2 is 2.23 bits per heavy atom. The van der Waals surface area contributed by atoms with Crippen molar-refractivity contribution in [3.05, 3.63) is 46.1 Å². The summed E-state index contributed by atoms with van der Waals surface area (Å²) < 4.78 is 1.05. The maximum atomic E-state index is 12.2. The summed E-state index contributed by atoms with van der Waals surface area (Å²) >= 11 is 3.44. The number of nitrogens with zero attached hydrogens (tertiary/aromatic N) is 2. The van der Waals surface area contributed by atoms with Gasteiger partial charge in [-0.15, -0.1) is 0 Å². The van der Waals surface area contributed by atoms with Gasteiger partial charge in [0.25, 0.3) is 5.91 Å². The number of carbonyl (C=O) groups excluding carboxylic acids is 1. The van der Waals surface area contributed by atoms with Gasteiger partial charge in [0.05, 0.1) is 0 Å². The lowest BCUT2D eigenvalue weighted by atomic mass is 10.1. The Morgan fingerprint density at radius 3 is 2.91 bits per heavy atom. The molecule has 1 aromatic rings. The molecule has 1 aliphatic rings. The SMILES string of the molecule is N#C/C(=C/NCCc1cccc(Br)c1)C(=O)N1CCNCC1. The van der Waals surface area contributed by atoms with Crippen molar-refractivity contribution in [2.45, 2.75) is 6.42 Å². The van der Waals surface area contributed by atoms with Gasteiger partial charge in [-0.1, -0.05) is 28.1 Å². The Morgan fingerprint density at radius 1 is 1.45 bits per heavy atom. The molecule has 0 radical (unpaired) electrons. The van der Waals surface area contributed by atoms with Crippen LogP contribution in [0.2, 0.25) is 0 Å². The third-order valence-corrected chi connectivity index (χ3v) is 3.94. The average molecular weight is 363 g/mol. The zero-order valence-electron chi connectivity index (χ0n) is 12.3. The van der Waals surface area contributed by atoms with Gasteiger partial charge in [-0.2, -0.15) is 5.26 Å². The zero-order valence-corrected chi connectivity index (χ0v) is 13.9. The summed E-state index contributed by atoms with van der Waals surface area (Å²) in [4.78, 5) is 13.9. The number of benzene rings is 1. The first kappa shape index (κ1) is 16.5. The van der Waals surface area contributed by atoms with Crippen LogP contribution < -0.4 is 10.6 Å². The fourth-order valence-corrected chi connectivity index (χ4v) is 2.71. The molecule has 1 amide bonds. The van der Waals surface area contributed by atoms with E-state index in [1.54, 1.807) is 4.90 Å². The molecule has 0 bridgehead atoms. The largest absolute Gasteiger partial charge is 0.389 e. The Bertz CT molecular complexity index is 588. The number of halogens is 1. The Hall–Kier alpha value is -1.84. The van der Waals surface area contributed by atoms with Crippen LogP contribution in [-0.4, -0.2) is 43.5 Å². The normalized spacial score (nSPS) is 15.3. The van der Waals surface area contributed by atoms with E-state index < -0.39 is 0 Å². The predicted octanol–water partition coefficient (Wildman–Crippen LogP) is 1.42. The second kappa shape index (κ2) is 8.57. The molecule has 1 aromatic carbocycles. The van der Waals surface area contributed by atoms with Crippen LogP contribution in [0.1, 0.15) is 5.56 Å². The summed E-state index contributed by atoms with van der Waals surface area (Å²) in [5.74, 6) is -0.195. The fraction of sp³-hybridized carbons (Fsp3) is 0.375. The van der Waals surface area contributed by atoms with E-state index in [1.165, 1.54) is 11.8 Å². The van der Waals surface area contributed by atoms with Crippen LogP contribution in [0.25, 0.3) is 0 Å². The van der Waals surface area contributed by atoms with Crippen molar-refractivity contribution in [1.29, 1.82) is 5.26 Å². The molecule has 2 rings (SSSR count). The first-order valence-electron chi connectivity index (χ1n) is 7.29. The molecule has 0 atom stereocenters. The van der Waals surface area contributed by atoms with E-state index in [4.69, 9.17) is 5.26 Å². The molecule has 22 heavy (non-hydrogen) atoms. The number of nitrogens with one attached hydrogen (secondary N) is 2. The van der Waals surface area contributed by atoms with Gasteiger partial charge in [-0.05, 0) is 24.1 Å². The highest BCUT2D eigenvalue weighted by atomic mass is 79.9. The Labute approximate surface area is 139 Å². The molecular weight excluding hydrogens is 344 g/mol. The maximum absolute atomic E-state index is 12.2. The predicted molar refractivity (Wildman–Crippen MR) is 89.0 cm³/mol. The van der Waals surface area contributed by atoms with Crippen molar-refractivity contribution in [2.24, 2.45) is 0 Å². The number of carbonyl (C=O) groups is 1. The minimum atomic E-state index is -0.195. The van der Waals surface area contributed by atoms with Crippen molar-refractivity contribution in [3.63, 3.8) is 0 Å². The summed E-state index contributed by atoms with van der Waals surface area (Å²) in [7, 11) is 0. The van der Waals surface area contributed by atoms with E-state index in [9.17, 15) is 4.79 Å². The number of hydrogen-bond donors (Lipinski definition) is 2. The third-order valence-electron chi connectivity index (χ3n) is 3.45. The molecule has 0 aliphatic carbocycles. The maximum Gasteiger partial charge on any atom is 0.266 e. The standard InChI is InChI=1S/C16H19BrN4O/c17-15-3-1-2-13(10-15)4-5-20-12-14(11-18)16(22)21-8-6-19-7-9-21/h1-3,10,12,19-20H,4-9H2/b14-12-. The van der Waals surface area contributed by atoms with Crippen molar-refractivity contribution in [3.8, 4) is 6.07 Å². The lowest BCUT2D eigenvalue weighted by molar-refractivity contribution is -0.127. The molecule has 0 spiro atoms. The van der Waals surface area contributed by atoms with E-state index in [0.717, 1.165) is 24.0 Å². The van der Waals surface area contributed by atoms with Crippen molar-refractivity contribution >= 4 is 21.8 Å². The van der Waals surface area contributed by atoms with Gasteiger partial charge in [-0.3, -0.25) is 4.79 Å². The summed E-state index contributed by atoms with van der Waals surface area (Å²) in [5.41, 5.74) is 1.36. The van der Waals surface area contributed by atoms with Gasteiger partial charge in [-0.25, -0.2) is 0 Å². The monoisotopic (exact) mass is 362 g/mol. The fourth-order valence-electron chi connectivity index (χ4n) is 2.26. The van der Waals surface area contributed by atoms with Gasteiger partial charge in [0.2, 0.25) is 0 Å². The summed E-state index contributed by atoms with van der Waals surface area (Å²) in [5, 5.41) is 15.4. The van der Waals surface area contributed by atoms with Crippen LogP contribution in [0.4, 0.5) is 0 Å². The number of rotatable bonds is 5. The molecule has 1 saturated heterocycles. The molecule has 0 saturated carbocycles. The van der Waals surface area contributed by atoms with Crippen molar-refractivity contribution < 1.29 is 4.79 Å². The van der Waals surface area contributed by atoms with E-state index in [1.807, 2.05) is 24.3 Å². The molecule has 1 heterocycles. The van der Waals surface area contributed by atoms with Crippen LogP contribution in [0.15, 0.2) is 40.5 Å². The van der Waals surface area contributed by atoms with Crippen LogP contribution in [0.5, 0.6) is 0 Å². The van der Waals surface area contributed by atoms with Crippen LogP contribution in [0, 0.1) is 11.3 Å². The van der Waals surface area contributed by atoms with Crippen LogP contribution in [-0.2, 0) is 11.2 Å².